The lowest BCUT2D eigenvalue weighted by Crippen LogP contribution is -2.32. The van der Waals surface area contributed by atoms with Gasteiger partial charge in [-0.15, -0.1) is 0 Å². The topological polar surface area (TPSA) is 56.1 Å². The second-order valence-corrected chi connectivity index (χ2v) is 5.37. The number of nitrogens with zero attached hydrogens (tertiary/aromatic N) is 2. The summed E-state index contributed by atoms with van der Waals surface area (Å²) < 4.78 is 42.6. The van der Waals surface area contributed by atoms with Gasteiger partial charge in [0.05, 0.1) is 12.2 Å². The Hall–Kier alpha value is -2.35. The molecular formula is C16H18F3N3O2. The van der Waals surface area contributed by atoms with Crippen LogP contribution in [0.3, 0.4) is 0 Å². The zero-order valence-corrected chi connectivity index (χ0v) is 13.3. The molecule has 24 heavy (non-hydrogen) atoms. The van der Waals surface area contributed by atoms with E-state index in [0.29, 0.717) is 18.1 Å². The van der Waals surface area contributed by atoms with Crippen molar-refractivity contribution in [2.45, 2.75) is 32.7 Å². The van der Waals surface area contributed by atoms with Gasteiger partial charge >= 0.3 is 6.18 Å². The number of carbonyl (C=O) groups excluding carboxylic acids is 1. The van der Waals surface area contributed by atoms with Gasteiger partial charge in [-0.05, 0) is 19.4 Å². The molecule has 0 aliphatic carbocycles. The van der Waals surface area contributed by atoms with Gasteiger partial charge in [0.15, 0.2) is 0 Å². The first-order valence-electron chi connectivity index (χ1n) is 7.32. The van der Waals surface area contributed by atoms with Gasteiger partial charge in [-0.3, -0.25) is 4.79 Å². The molecule has 1 aromatic heterocycles. The number of benzene rings is 1. The lowest BCUT2D eigenvalue weighted by molar-refractivity contribution is -0.184. The molecular weight excluding hydrogens is 323 g/mol. The Bertz CT molecular complexity index is 684. The molecule has 1 N–H and O–H groups in total. The lowest BCUT2D eigenvalue weighted by Gasteiger charge is -2.15. The molecule has 8 heteroatoms. The van der Waals surface area contributed by atoms with Crippen molar-refractivity contribution in [3.8, 4) is 0 Å². The summed E-state index contributed by atoms with van der Waals surface area (Å²) in [4.78, 5) is 12.0. The Morgan fingerprint density at radius 2 is 2.00 bits per heavy atom. The van der Waals surface area contributed by atoms with Crippen molar-refractivity contribution in [1.82, 2.24) is 9.78 Å². The third-order valence-corrected chi connectivity index (χ3v) is 3.19. The molecule has 0 aliphatic rings. The van der Waals surface area contributed by atoms with E-state index in [1.807, 2.05) is 30.3 Å². The van der Waals surface area contributed by atoms with E-state index in [9.17, 15) is 18.0 Å². The minimum absolute atomic E-state index is 0.406. The van der Waals surface area contributed by atoms with Crippen molar-refractivity contribution in [1.29, 1.82) is 0 Å². The number of alkyl halides is 3. The molecule has 1 atom stereocenters. The number of hydrogen-bond donors (Lipinski definition) is 1. The first-order valence-corrected chi connectivity index (χ1v) is 7.32. The van der Waals surface area contributed by atoms with Crippen molar-refractivity contribution in [2.24, 2.45) is 0 Å². The molecule has 0 saturated carbocycles. The highest BCUT2D eigenvalue weighted by molar-refractivity contribution is 5.93. The maximum atomic E-state index is 12.1. The summed E-state index contributed by atoms with van der Waals surface area (Å²) in [5.74, 6) is -0.253. The van der Waals surface area contributed by atoms with Gasteiger partial charge < -0.3 is 10.1 Å². The average Bonchev–Trinajstić information content (AvgIpc) is 2.84. The van der Waals surface area contributed by atoms with Gasteiger partial charge in [0, 0.05) is 6.07 Å². The lowest BCUT2D eigenvalue weighted by atomic mass is 10.2. The number of amides is 1. The highest BCUT2D eigenvalue weighted by Gasteiger charge is 2.30. The molecule has 5 nitrogen and oxygen atoms in total. The van der Waals surface area contributed by atoms with Gasteiger partial charge in [0.25, 0.3) is 5.91 Å². The fraction of sp³-hybridized carbons (Fsp3) is 0.375. The summed E-state index contributed by atoms with van der Waals surface area (Å²) in [5.41, 5.74) is 1.67. The Balaban J connectivity index is 2.03. The van der Waals surface area contributed by atoms with Gasteiger partial charge in [0.1, 0.15) is 18.5 Å². The smallest absolute Gasteiger partial charge is 0.359 e. The minimum atomic E-state index is -4.47. The van der Waals surface area contributed by atoms with Gasteiger partial charge in [0.2, 0.25) is 0 Å². The molecule has 2 rings (SSSR count). The number of hydrogen-bond acceptors (Lipinski definition) is 3. The van der Waals surface area contributed by atoms with Crippen molar-refractivity contribution in [3.05, 3.63) is 47.7 Å². The van der Waals surface area contributed by atoms with E-state index in [0.717, 1.165) is 5.56 Å². The Kier molecular flexibility index (Phi) is 5.61. The van der Waals surface area contributed by atoms with Crippen LogP contribution < -0.4 is 5.32 Å². The largest absolute Gasteiger partial charge is 0.411 e. The van der Waals surface area contributed by atoms with Crippen LogP contribution in [0.15, 0.2) is 36.4 Å². The molecule has 2 aromatic rings. The second kappa shape index (κ2) is 7.48. The summed E-state index contributed by atoms with van der Waals surface area (Å²) in [6.07, 6.45) is -5.70. The van der Waals surface area contributed by atoms with Crippen LogP contribution in [0.2, 0.25) is 0 Å². The van der Waals surface area contributed by atoms with Crippen molar-refractivity contribution in [2.75, 3.05) is 11.9 Å². The van der Waals surface area contributed by atoms with E-state index in [-0.39, 0.29) is 0 Å². The first-order chi connectivity index (χ1) is 11.2. The summed E-state index contributed by atoms with van der Waals surface area (Å²) in [6, 6.07) is 11.1. The third kappa shape index (κ3) is 5.38. The maximum absolute atomic E-state index is 12.1. The summed E-state index contributed by atoms with van der Waals surface area (Å²) in [6.45, 7) is 2.00. The number of rotatable bonds is 6. The quantitative estimate of drug-likeness (QED) is 0.878. The number of aromatic nitrogens is 2. The molecule has 0 aliphatic heterocycles. The first kappa shape index (κ1) is 18.0. The van der Waals surface area contributed by atoms with Crippen molar-refractivity contribution < 1.29 is 22.7 Å². The second-order valence-electron chi connectivity index (χ2n) is 5.37. The minimum Gasteiger partial charge on any atom is -0.359 e. The molecule has 1 unspecified atom stereocenters. The van der Waals surface area contributed by atoms with Crippen LogP contribution in [0.4, 0.5) is 19.0 Å². The van der Waals surface area contributed by atoms with Crippen molar-refractivity contribution >= 4 is 11.7 Å². The van der Waals surface area contributed by atoms with Crippen LogP contribution in [0, 0.1) is 6.92 Å². The van der Waals surface area contributed by atoms with Gasteiger partial charge in [-0.1, -0.05) is 30.3 Å². The number of halogens is 3. The molecule has 1 aromatic carbocycles. The number of anilines is 1. The van der Waals surface area contributed by atoms with E-state index in [4.69, 9.17) is 0 Å². The molecule has 1 heterocycles. The Morgan fingerprint density at radius 3 is 2.62 bits per heavy atom. The molecule has 1 amide bonds. The number of carbonyl (C=O) groups is 1. The van der Waals surface area contributed by atoms with E-state index in [1.165, 1.54) is 6.92 Å². The summed E-state index contributed by atoms with van der Waals surface area (Å²) in [7, 11) is 0. The standard InChI is InChI=1S/C16H18F3N3O2/c1-11-8-14(20-15(23)12(2)24-10-16(17,18)19)22(21-11)9-13-6-4-3-5-7-13/h3-8,12H,9-10H2,1-2H3,(H,20,23). The monoisotopic (exact) mass is 341 g/mol. The van der Waals surface area contributed by atoms with Crippen LogP contribution in [0.25, 0.3) is 0 Å². The van der Waals surface area contributed by atoms with Crippen molar-refractivity contribution in [3.63, 3.8) is 0 Å². The maximum Gasteiger partial charge on any atom is 0.411 e. The van der Waals surface area contributed by atoms with Crippen LogP contribution in [-0.4, -0.2) is 34.6 Å². The fourth-order valence-corrected chi connectivity index (χ4v) is 2.05. The molecule has 0 saturated heterocycles. The number of aryl methyl sites for hydroxylation is 1. The SMILES string of the molecule is Cc1cc(NC(=O)C(C)OCC(F)(F)F)n(Cc2ccccc2)n1. The van der Waals surface area contributed by atoms with E-state index in [1.54, 1.807) is 17.7 Å². The molecule has 130 valence electrons. The number of ether oxygens (including phenoxy) is 1. The third-order valence-electron chi connectivity index (χ3n) is 3.19. The van der Waals surface area contributed by atoms with Gasteiger partial charge in [-0.25, -0.2) is 4.68 Å². The van der Waals surface area contributed by atoms with Crippen LogP contribution >= 0.6 is 0 Å². The predicted octanol–water partition coefficient (Wildman–Crippen LogP) is 3.15. The Morgan fingerprint density at radius 1 is 1.33 bits per heavy atom. The zero-order valence-electron chi connectivity index (χ0n) is 13.3. The van der Waals surface area contributed by atoms with Crippen LogP contribution in [0.1, 0.15) is 18.2 Å². The highest BCUT2D eigenvalue weighted by Crippen LogP contribution is 2.17. The summed E-state index contributed by atoms with van der Waals surface area (Å²) >= 11 is 0. The predicted molar refractivity (Wildman–Crippen MR) is 82.6 cm³/mol. The van der Waals surface area contributed by atoms with E-state index in [2.05, 4.69) is 15.2 Å². The van der Waals surface area contributed by atoms with E-state index >= 15 is 0 Å². The Labute approximate surface area is 137 Å². The van der Waals surface area contributed by atoms with Crippen LogP contribution in [-0.2, 0) is 16.1 Å². The number of nitrogens with one attached hydrogen (secondary N) is 1. The molecule has 0 bridgehead atoms. The van der Waals surface area contributed by atoms with Crippen LogP contribution in [0.5, 0.6) is 0 Å². The average molecular weight is 341 g/mol. The summed E-state index contributed by atoms with van der Waals surface area (Å²) in [5, 5.41) is 6.84. The molecule has 0 radical (unpaired) electrons. The van der Waals surface area contributed by atoms with E-state index < -0.39 is 24.8 Å². The normalized spacial score (nSPS) is 12.9. The van der Waals surface area contributed by atoms with Gasteiger partial charge in [-0.2, -0.15) is 18.3 Å². The molecule has 0 spiro atoms. The fourth-order valence-electron chi connectivity index (χ4n) is 2.05. The zero-order chi connectivity index (χ0) is 17.7. The molecule has 0 fully saturated rings. The highest BCUT2D eigenvalue weighted by atomic mass is 19.4.